The Morgan fingerprint density at radius 1 is 0.951 bits per heavy atom. The molecule has 16 heteroatoms. The lowest BCUT2D eigenvalue weighted by Crippen LogP contribution is -2.54. The molecule has 1 fully saturated rings. The van der Waals surface area contributed by atoms with Gasteiger partial charge in [-0.3, -0.25) is 35.1 Å². The van der Waals surface area contributed by atoms with E-state index in [9.17, 15) is 39.4 Å². The van der Waals surface area contributed by atoms with E-state index in [1.165, 1.54) is 49.6 Å². The first-order valence-corrected chi connectivity index (χ1v) is 12.7. The van der Waals surface area contributed by atoms with Crippen LogP contribution in [0, 0.1) is 20.2 Å². The van der Waals surface area contributed by atoms with Gasteiger partial charge in [0.25, 0.3) is 17.5 Å². The third-order valence-corrected chi connectivity index (χ3v) is 6.72. The predicted octanol–water partition coefficient (Wildman–Crippen LogP) is 5.27. The number of carbonyl (C=O) groups excluding carboxylic acids is 4. The summed E-state index contributed by atoms with van der Waals surface area (Å²) in [5.74, 6) is -2.71. The van der Waals surface area contributed by atoms with Crippen molar-refractivity contribution in [2.24, 2.45) is 0 Å². The zero-order chi connectivity index (χ0) is 30.0. The minimum atomic E-state index is -0.987. The van der Waals surface area contributed by atoms with Gasteiger partial charge in [0.2, 0.25) is 5.75 Å². The van der Waals surface area contributed by atoms with Crippen molar-refractivity contribution in [1.29, 1.82) is 0 Å². The first-order chi connectivity index (χ1) is 19.4. The van der Waals surface area contributed by atoms with Gasteiger partial charge in [0.1, 0.15) is 5.57 Å². The fraction of sp³-hybridized carbons (Fsp3) is 0.0400. The van der Waals surface area contributed by atoms with Gasteiger partial charge in [-0.2, -0.15) is 0 Å². The molecule has 208 valence electrons. The van der Waals surface area contributed by atoms with Crippen molar-refractivity contribution >= 4 is 78.8 Å². The molecule has 3 aromatic rings. The van der Waals surface area contributed by atoms with Crippen LogP contribution in [-0.4, -0.2) is 40.8 Å². The molecule has 1 aliphatic heterocycles. The van der Waals surface area contributed by atoms with Gasteiger partial charge in [-0.1, -0.05) is 0 Å². The molecule has 0 saturated carbocycles. The smallest absolute Gasteiger partial charge is 0.337 e. The quantitative estimate of drug-likeness (QED) is 0.112. The molecular weight excluding hydrogens is 676 g/mol. The molecule has 0 bridgehead atoms. The molecule has 1 aliphatic rings. The van der Waals surface area contributed by atoms with Crippen LogP contribution in [0.1, 0.15) is 15.9 Å². The van der Waals surface area contributed by atoms with E-state index in [-0.39, 0.29) is 37.3 Å². The SMILES string of the molecule is COC(=O)c1ccc(N2C(=O)NC(=O)/C(=C\c3cc(Br)c(Oc4ccc([N+](=O)[O-])cc4[N+](=O)[O-])c(Br)c3)C2=O)cc1. The number of benzene rings is 3. The minimum Gasteiger partial charge on any atom is -0.465 e. The number of rotatable bonds is 7. The van der Waals surface area contributed by atoms with Crippen LogP contribution >= 0.6 is 31.9 Å². The largest absolute Gasteiger partial charge is 0.465 e. The van der Waals surface area contributed by atoms with Crippen molar-refractivity contribution in [3.63, 3.8) is 0 Å². The average molecular weight is 690 g/mol. The number of hydrogen-bond acceptors (Lipinski definition) is 10. The second-order valence-corrected chi connectivity index (χ2v) is 9.79. The Morgan fingerprint density at radius 2 is 1.59 bits per heavy atom. The first kappa shape index (κ1) is 29.0. The molecular formula is C25H14Br2N4O10. The van der Waals surface area contributed by atoms with E-state index < -0.39 is 45.0 Å². The number of amides is 4. The molecule has 3 aromatic carbocycles. The summed E-state index contributed by atoms with van der Waals surface area (Å²) in [6.45, 7) is 0. The van der Waals surface area contributed by atoms with E-state index in [0.717, 1.165) is 23.1 Å². The number of urea groups is 1. The number of non-ortho nitro benzene ring substituents is 1. The number of nitrogens with one attached hydrogen (secondary N) is 1. The summed E-state index contributed by atoms with van der Waals surface area (Å²) in [6.07, 6.45) is 1.22. The van der Waals surface area contributed by atoms with Gasteiger partial charge in [0.05, 0.1) is 43.2 Å². The molecule has 41 heavy (non-hydrogen) atoms. The fourth-order valence-corrected chi connectivity index (χ4v) is 5.03. The fourth-order valence-electron chi connectivity index (χ4n) is 3.64. The minimum absolute atomic E-state index is 0.0611. The molecule has 14 nitrogen and oxygen atoms in total. The number of carbonyl (C=O) groups is 4. The van der Waals surface area contributed by atoms with E-state index in [0.29, 0.717) is 5.56 Å². The number of hydrogen-bond donors (Lipinski definition) is 1. The molecule has 0 aliphatic carbocycles. The Morgan fingerprint density at radius 3 is 2.15 bits per heavy atom. The summed E-state index contributed by atoms with van der Waals surface area (Å²) in [4.78, 5) is 71.5. The number of anilines is 1. The molecule has 4 rings (SSSR count). The second-order valence-electron chi connectivity index (χ2n) is 8.08. The van der Waals surface area contributed by atoms with Crippen molar-refractivity contribution in [2.75, 3.05) is 12.0 Å². The van der Waals surface area contributed by atoms with Gasteiger partial charge in [-0.25, -0.2) is 14.5 Å². The maximum absolute atomic E-state index is 13.2. The van der Waals surface area contributed by atoms with Crippen LogP contribution < -0.4 is 15.0 Å². The number of esters is 1. The van der Waals surface area contributed by atoms with Crippen LogP contribution in [0.15, 0.2) is 69.1 Å². The third kappa shape index (κ3) is 5.97. The van der Waals surface area contributed by atoms with Crippen LogP contribution in [0.4, 0.5) is 21.9 Å². The Labute approximate surface area is 246 Å². The Kier molecular flexibility index (Phi) is 8.25. The van der Waals surface area contributed by atoms with Crippen LogP contribution in [0.2, 0.25) is 0 Å². The standard InChI is InChI=1S/C25H14Br2N4O10/c1-40-24(34)13-2-4-14(5-3-13)29-23(33)16(22(32)28-25(29)35)8-12-9-17(26)21(18(27)10-12)41-20-7-6-15(30(36)37)11-19(20)31(38)39/h2-11H,1H3,(H,28,32,35)/b16-8+. The second kappa shape index (κ2) is 11.6. The Bertz CT molecular complexity index is 1670. The van der Waals surface area contributed by atoms with Gasteiger partial charge >= 0.3 is 17.7 Å². The number of halogens is 2. The number of barbiturate groups is 1. The molecule has 0 aromatic heterocycles. The Hall–Kier alpha value is -4.96. The summed E-state index contributed by atoms with van der Waals surface area (Å²) in [5.41, 5.74) is -0.953. The summed E-state index contributed by atoms with van der Waals surface area (Å²) in [6, 6.07) is 10.2. The number of nitro benzene ring substituents is 2. The number of imide groups is 2. The highest BCUT2D eigenvalue weighted by atomic mass is 79.9. The van der Waals surface area contributed by atoms with Crippen LogP contribution in [0.3, 0.4) is 0 Å². The van der Waals surface area contributed by atoms with E-state index >= 15 is 0 Å². The monoisotopic (exact) mass is 688 g/mol. The average Bonchev–Trinajstić information content (AvgIpc) is 2.92. The first-order valence-electron chi connectivity index (χ1n) is 11.1. The van der Waals surface area contributed by atoms with Gasteiger partial charge < -0.3 is 9.47 Å². The lowest BCUT2D eigenvalue weighted by Gasteiger charge is -2.26. The van der Waals surface area contributed by atoms with Crippen LogP contribution in [0.25, 0.3) is 6.08 Å². The number of nitrogens with zero attached hydrogens (tertiary/aromatic N) is 3. The van der Waals surface area contributed by atoms with E-state index in [1.807, 2.05) is 0 Å². The number of methoxy groups -OCH3 is 1. The number of nitro groups is 2. The van der Waals surface area contributed by atoms with Crippen molar-refractivity contribution in [3.8, 4) is 11.5 Å². The highest BCUT2D eigenvalue weighted by molar-refractivity contribution is 9.11. The van der Waals surface area contributed by atoms with Crippen molar-refractivity contribution < 1.29 is 38.5 Å². The summed E-state index contributed by atoms with van der Waals surface area (Å²) >= 11 is 6.56. The summed E-state index contributed by atoms with van der Waals surface area (Å²) in [7, 11) is 1.20. The third-order valence-electron chi connectivity index (χ3n) is 5.54. The maximum Gasteiger partial charge on any atom is 0.337 e. The molecule has 1 N–H and O–H groups in total. The Balaban J connectivity index is 1.66. The lowest BCUT2D eigenvalue weighted by atomic mass is 10.1. The van der Waals surface area contributed by atoms with Crippen LogP contribution in [0.5, 0.6) is 11.5 Å². The highest BCUT2D eigenvalue weighted by Gasteiger charge is 2.37. The van der Waals surface area contributed by atoms with Gasteiger partial charge in [-0.15, -0.1) is 0 Å². The predicted molar refractivity (Wildman–Crippen MR) is 148 cm³/mol. The normalized spacial score (nSPS) is 14.1. The summed E-state index contributed by atoms with van der Waals surface area (Å²) in [5, 5.41) is 24.5. The van der Waals surface area contributed by atoms with E-state index in [1.54, 1.807) is 0 Å². The molecule has 4 amide bonds. The topological polar surface area (TPSA) is 188 Å². The molecule has 0 unspecified atom stereocenters. The number of ether oxygens (including phenoxy) is 2. The molecule has 0 spiro atoms. The van der Waals surface area contributed by atoms with Crippen molar-refractivity contribution in [1.82, 2.24) is 5.32 Å². The van der Waals surface area contributed by atoms with Gasteiger partial charge in [0, 0.05) is 6.07 Å². The molecule has 0 radical (unpaired) electrons. The zero-order valence-corrected chi connectivity index (χ0v) is 23.6. The van der Waals surface area contributed by atoms with E-state index in [4.69, 9.17) is 4.74 Å². The van der Waals surface area contributed by atoms with Gasteiger partial charge in [0.15, 0.2) is 5.75 Å². The van der Waals surface area contributed by atoms with Gasteiger partial charge in [-0.05, 0) is 86.0 Å². The van der Waals surface area contributed by atoms with E-state index in [2.05, 4.69) is 41.9 Å². The highest BCUT2D eigenvalue weighted by Crippen LogP contribution is 2.42. The molecule has 1 saturated heterocycles. The molecule has 1 heterocycles. The van der Waals surface area contributed by atoms with Crippen molar-refractivity contribution in [3.05, 3.63) is 100 Å². The molecule has 0 atom stereocenters. The summed E-state index contributed by atoms with van der Waals surface area (Å²) < 4.78 is 10.8. The zero-order valence-electron chi connectivity index (χ0n) is 20.5. The lowest BCUT2D eigenvalue weighted by molar-refractivity contribution is -0.394. The van der Waals surface area contributed by atoms with Crippen molar-refractivity contribution in [2.45, 2.75) is 0 Å². The van der Waals surface area contributed by atoms with Crippen LogP contribution in [-0.2, 0) is 14.3 Å². The maximum atomic E-state index is 13.2.